The minimum atomic E-state index is -1.29. The molecule has 31 heavy (non-hydrogen) atoms. The fourth-order valence-corrected chi connectivity index (χ4v) is 5.12. The molecule has 0 bridgehead atoms. The second kappa shape index (κ2) is 10.7. The lowest BCUT2D eigenvalue weighted by molar-refractivity contribution is -0.146. The first-order chi connectivity index (χ1) is 14.9. The molecule has 0 aliphatic heterocycles. The predicted octanol–water partition coefficient (Wildman–Crippen LogP) is 3.68. The van der Waals surface area contributed by atoms with Crippen LogP contribution in [0, 0.1) is 5.92 Å². The SMILES string of the molecule is COC(=O)C(C)(CS)NC(=O)c1cc2c(n(CC3CCCCC3)c1=O)CCCCCC2. The van der Waals surface area contributed by atoms with Crippen molar-refractivity contribution in [3.8, 4) is 0 Å². The van der Waals surface area contributed by atoms with Crippen molar-refractivity contribution >= 4 is 24.5 Å². The number of hydrogen-bond acceptors (Lipinski definition) is 5. The Morgan fingerprint density at radius 2 is 1.77 bits per heavy atom. The van der Waals surface area contributed by atoms with Gasteiger partial charge in [0.1, 0.15) is 11.1 Å². The molecular weight excluding hydrogens is 412 g/mol. The third-order valence-electron chi connectivity index (χ3n) is 6.85. The van der Waals surface area contributed by atoms with Crippen LogP contribution in [-0.2, 0) is 28.9 Å². The molecule has 1 heterocycles. The number of pyridine rings is 1. The van der Waals surface area contributed by atoms with Gasteiger partial charge in [0, 0.05) is 18.0 Å². The number of aromatic nitrogens is 1. The number of amides is 1. The van der Waals surface area contributed by atoms with E-state index in [-0.39, 0.29) is 16.9 Å². The van der Waals surface area contributed by atoms with E-state index >= 15 is 0 Å². The van der Waals surface area contributed by atoms with E-state index in [1.54, 1.807) is 13.0 Å². The number of esters is 1. The van der Waals surface area contributed by atoms with Gasteiger partial charge in [0.25, 0.3) is 11.5 Å². The highest BCUT2D eigenvalue weighted by molar-refractivity contribution is 7.80. The molecule has 7 heteroatoms. The van der Waals surface area contributed by atoms with Gasteiger partial charge in [-0.2, -0.15) is 12.6 Å². The molecular formula is C24H36N2O4S. The minimum absolute atomic E-state index is 0.0760. The molecule has 0 spiro atoms. The summed E-state index contributed by atoms with van der Waals surface area (Å²) in [5.41, 5.74) is 0.795. The van der Waals surface area contributed by atoms with E-state index in [2.05, 4.69) is 17.9 Å². The van der Waals surface area contributed by atoms with Crippen LogP contribution in [0.1, 0.15) is 86.3 Å². The summed E-state index contributed by atoms with van der Waals surface area (Å²) in [6, 6.07) is 1.77. The van der Waals surface area contributed by atoms with Crippen molar-refractivity contribution in [2.75, 3.05) is 12.9 Å². The van der Waals surface area contributed by atoms with Gasteiger partial charge in [-0.1, -0.05) is 32.1 Å². The third kappa shape index (κ3) is 5.54. The van der Waals surface area contributed by atoms with Gasteiger partial charge in [0.2, 0.25) is 0 Å². The van der Waals surface area contributed by atoms with Gasteiger partial charge in [-0.3, -0.25) is 9.59 Å². The lowest BCUT2D eigenvalue weighted by atomic mass is 9.88. The molecule has 0 radical (unpaired) electrons. The standard InChI is InChI=1S/C24H36N2O4S/c1-24(16-31,23(29)30-2)25-21(27)19-14-18-12-8-3-4-9-13-20(18)26(22(19)28)15-17-10-6-5-7-11-17/h14,17,31H,3-13,15-16H2,1-2H3,(H,25,27). The van der Waals surface area contributed by atoms with Crippen LogP contribution in [0.3, 0.4) is 0 Å². The molecule has 1 fully saturated rings. The Hall–Kier alpha value is -1.76. The number of carbonyl (C=O) groups excluding carboxylic acids is 2. The van der Waals surface area contributed by atoms with Gasteiger partial charge >= 0.3 is 5.97 Å². The fourth-order valence-electron chi connectivity index (χ4n) is 4.92. The molecule has 1 saturated carbocycles. The Balaban J connectivity index is 2.00. The van der Waals surface area contributed by atoms with Crippen molar-refractivity contribution in [3.63, 3.8) is 0 Å². The van der Waals surface area contributed by atoms with E-state index in [9.17, 15) is 14.4 Å². The molecule has 0 aromatic carbocycles. The summed E-state index contributed by atoms with van der Waals surface area (Å²) in [4.78, 5) is 38.9. The lowest BCUT2D eigenvalue weighted by Crippen LogP contribution is -2.55. The Morgan fingerprint density at radius 3 is 2.42 bits per heavy atom. The molecule has 3 rings (SSSR count). The summed E-state index contributed by atoms with van der Waals surface area (Å²) in [5.74, 6) is -0.553. The van der Waals surface area contributed by atoms with E-state index in [1.807, 2.05) is 4.57 Å². The highest BCUT2D eigenvalue weighted by Gasteiger charge is 2.36. The molecule has 1 amide bonds. The largest absolute Gasteiger partial charge is 0.467 e. The molecule has 1 atom stereocenters. The number of ether oxygens (including phenoxy) is 1. The van der Waals surface area contributed by atoms with Gasteiger partial charge in [-0.25, -0.2) is 4.79 Å². The molecule has 2 aliphatic carbocycles. The second-order valence-corrected chi connectivity index (χ2v) is 9.62. The number of fused-ring (bicyclic) bond motifs is 1. The first-order valence-corrected chi connectivity index (χ1v) is 12.3. The number of aryl methyl sites for hydroxylation is 1. The third-order valence-corrected chi connectivity index (χ3v) is 7.48. The summed E-state index contributed by atoms with van der Waals surface area (Å²) in [6.45, 7) is 2.25. The van der Waals surface area contributed by atoms with Crippen LogP contribution in [0.2, 0.25) is 0 Å². The van der Waals surface area contributed by atoms with Crippen LogP contribution >= 0.6 is 12.6 Å². The summed E-state index contributed by atoms with van der Waals surface area (Å²) in [5, 5.41) is 2.71. The number of thiol groups is 1. The van der Waals surface area contributed by atoms with Gasteiger partial charge in [0.05, 0.1) is 7.11 Å². The van der Waals surface area contributed by atoms with Gasteiger partial charge < -0.3 is 14.6 Å². The Morgan fingerprint density at radius 1 is 1.13 bits per heavy atom. The van der Waals surface area contributed by atoms with Crippen molar-refractivity contribution < 1.29 is 14.3 Å². The molecule has 1 unspecified atom stereocenters. The maximum Gasteiger partial charge on any atom is 0.332 e. The second-order valence-electron chi connectivity index (χ2n) is 9.30. The van der Waals surface area contributed by atoms with E-state index < -0.39 is 17.4 Å². The van der Waals surface area contributed by atoms with Crippen LogP contribution in [0.5, 0.6) is 0 Å². The van der Waals surface area contributed by atoms with Crippen LogP contribution in [-0.4, -0.2) is 34.8 Å². The van der Waals surface area contributed by atoms with Crippen LogP contribution in [0.15, 0.2) is 10.9 Å². The van der Waals surface area contributed by atoms with Crippen molar-refractivity contribution in [3.05, 3.63) is 33.2 Å². The zero-order valence-corrected chi connectivity index (χ0v) is 19.8. The maximum absolute atomic E-state index is 13.5. The average molecular weight is 449 g/mol. The summed E-state index contributed by atoms with van der Waals surface area (Å²) >= 11 is 4.22. The van der Waals surface area contributed by atoms with Crippen molar-refractivity contribution in [1.29, 1.82) is 0 Å². The fraction of sp³-hybridized carbons (Fsp3) is 0.708. The molecule has 0 saturated heterocycles. The molecule has 1 aromatic rings. The molecule has 172 valence electrons. The molecule has 2 aliphatic rings. The van der Waals surface area contributed by atoms with Crippen LogP contribution < -0.4 is 10.9 Å². The van der Waals surface area contributed by atoms with Crippen LogP contribution in [0.25, 0.3) is 0 Å². The maximum atomic E-state index is 13.5. The molecule has 1 aromatic heterocycles. The number of rotatable bonds is 6. The summed E-state index contributed by atoms with van der Waals surface area (Å²) < 4.78 is 6.72. The van der Waals surface area contributed by atoms with Gasteiger partial charge in [0.15, 0.2) is 0 Å². The predicted molar refractivity (Wildman–Crippen MR) is 125 cm³/mol. The Labute approximate surface area is 190 Å². The monoisotopic (exact) mass is 448 g/mol. The Kier molecular flexibility index (Phi) is 8.25. The zero-order chi connectivity index (χ0) is 22.4. The average Bonchev–Trinajstić information content (AvgIpc) is 2.76. The number of methoxy groups -OCH3 is 1. The van der Waals surface area contributed by atoms with Gasteiger partial charge in [-0.15, -0.1) is 0 Å². The number of nitrogens with zero attached hydrogens (tertiary/aromatic N) is 1. The number of carbonyl (C=O) groups is 2. The van der Waals surface area contributed by atoms with E-state index in [0.29, 0.717) is 12.5 Å². The molecule has 6 nitrogen and oxygen atoms in total. The van der Waals surface area contributed by atoms with Crippen LogP contribution in [0.4, 0.5) is 0 Å². The Bertz CT molecular complexity index is 860. The van der Waals surface area contributed by atoms with E-state index in [1.165, 1.54) is 39.2 Å². The van der Waals surface area contributed by atoms with Gasteiger partial charge in [-0.05, 0) is 63.0 Å². The topological polar surface area (TPSA) is 77.4 Å². The van der Waals surface area contributed by atoms with E-state index in [0.717, 1.165) is 49.8 Å². The normalized spacial score (nSPS) is 19.5. The summed E-state index contributed by atoms with van der Waals surface area (Å²) in [6.07, 6.45) is 12.2. The van der Waals surface area contributed by atoms with Crippen molar-refractivity contribution in [2.24, 2.45) is 5.92 Å². The van der Waals surface area contributed by atoms with E-state index in [4.69, 9.17) is 4.74 Å². The van der Waals surface area contributed by atoms with Crippen molar-refractivity contribution in [1.82, 2.24) is 9.88 Å². The first kappa shape index (κ1) is 23.9. The zero-order valence-electron chi connectivity index (χ0n) is 18.9. The number of hydrogen-bond donors (Lipinski definition) is 2. The lowest BCUT2D eigenvalue weighted by Gasteiger charge is -2.28. The summed E-state index contributed by atoms with van der Waals surface area (Å²) in [7, 11) is 1.28. The van der Waals surface area contributed by atoms with Crippen molar-refractivity contribution in [2.45, 2.75) is 89.6 Å². The highest BCUT2D eigenvalue weighted by Crippen LogP contribution is 2.27. The number of nitrogens with one attached hydrogen (secondary N) is 1. The quantitative estimate of drug-likeness (QED) is 0.514. The highest BCUT2D eigenvalue weighted by atomic mass is 32.1. The smallest absolute Gasteiger partial charge is 0.332 e. The minimum Gasteiger partial charge on any atom is -0.467 e. The molecule has 1 N–H and O–H groups in total. The first-order valence-electron chi connectivity index (χ1n) is 11.7.